The van der Waals surface area contributed by atoms with Crippen LogP contribution in [0.2, 0.25) is 0 Å². The maximum atomic E-state index is 5.48. The Morgan fingerprint density at radius 3 is 2.58 bits per heavy atom. The van der Waals surface area contributed by atoms with E-state index >= 15 is 0 Å². The van der Waals surface area contributed by atoms with Crippen molar-refractivity contribution in [1.82, 2.24) is 10.3 Å². The molecule has 0 aliphatic carbocycles. The lowest BCUT2D eigenvalue weighted by atomic mass is 10.1. The third-order valence-electron chi connectivity index (χ3n) is 3.71. The summed E-state index contributed by atoms with van der Waals surface area (Å²) in [6.45, 7) is 4.46. The first-order valence-electron chi connectivity index (χ1n) is 8.27. The molecule has 0 amide bonds. The van der Waals surface area contributed by atoms with Crippen LogP contribution in [0, 0.1) is 0 Å². The first-order valence-corrected chi connectivity index (χ1v) is 9.09. The van der Waals surface area contributed by atoms with E-state index in [0.717, 1.165) is 30.3 Å². The van der Waals surface area contributed by atoms with E-state index in [1.807, 2.05) is 25.3 Å². The van der Waals surface area contributed by atoms with E-state index < -0.39 is 0 Å². The maximum Gasteiger partial charge on any atom is 0.119 e. The summed E-state index contributed by atoms with van der Waals surface area (Å²) < 4.78 is 5.48. The van der Waals surface area contributed by atoms with Crippen LogP contribution < -0.4 is 10.1 Å². The SMILES string of the molecule is CCOc1ccc(-c2cnc(CNCCc3ccccc3)s2)cc1. The number of hydrogen-bond acceptors (Lipinski definition) is 4. The number of benzene rings is 2. The van der Waals surface area contributed by atoms with Crippen molar-refractivity contribution in [2.24, 2.45) is 0 Å². The van der Waals surface area contributed by atoms with E-state index in [1.54, 1.807) is 11.3 Å². The van der Waals surface area contributed by atoms with Gasteiger partial charge in [0.15, 0.2) is 0 Å². The zero-order valence-electron chi connectivity index (χ0n) is 13.9. The molecule has 0 saturated heterocycles. The number of ether oxygens (including phenoxy) is 1. The summed E-state index contributed by atoms with van der Waals surface area (Å²) in [6, 6.07) is 18.7. The van der Waals surface area contributed by atoms with E-state index in [0.29, 0.717) is 6.61 Å². The lowest BCUT2D eigenvalue weighted by Gasteiger charge is -2.03. The van der Waals surface area contributed by atoms with E-state index in [1.165, 1.54) is 16.0 Å². The van der Waals surface area contributed by atoms with Crippen LogP contribution in [0.25, 0.3) is 10.4 Å². The van der Waals surface area contributed by atoms with Crippen molar-refractivity contribution >= 4 is 11.3 Å². The monoisotopic (exact) mass is 338 g/mol. The van der Waals surface area contributed by atoms with Gasteiger partial charge in [0, 0.05) is 12.7 Å². The molecule has 24 heavy (non-hydrogen) atoms. The summed E-state index contributed by atoms with van der Waals surface area (Å²) in [5.74, 6) is 0.911. The molecule has 3 aromatic rings. The van der Waals surface area contributed by atoms with Crippen molar-refractivity contribution in [3.8, 4) is 16.2 Å². The second-order valence-electron chi connectivity index (χ2n) is 5.49. The summed E-state index contributed by atoms with van der Waals surface area (Å²) >= 11 is 1.74. The maximum absolute atomic E-state index is 5.48. The number of hydrogen-bond donors (Lipinski definition) is 1. The van der Waals surface area contributed by atoms with Crippen molar-refractivity contribution in [2.75, 3.05) is 13.2 Å². The molecule has 3 rings (SSSR count). The number of rotatable bonds is 8. The van der Waals surface area contributed by atoms with Crippen LogP contribution in [0.5, 0.6) is 5.75 Å². The largest absolute Gasteiger partial charge is 0.494 e. The standard InChI is InChI=1S/C20H22N2OS/c1-2-23-18-10-8-17(9-11-18)19-14-22-20(24-19)15-21-13-12-16-6-4-3-5-7-16/h3-11,14,21H,2,12-13,15H2,1H3. The Kier molecular flexibility index (Phi) is 5.99. The molecule has 124 valence electrons. The fraction of sp³-hybridized carbons (Fsp3) is 0.250. The number of aromatic nitrogens is 1. The van der Waals surface area contributed by atoms with Gasteiger partial charge >= 0.3 is 0 Å². The van der Waals surface area contributed by atoms with Gasteiger partial charge in [-0.3, -0.25) is 0 Å². The van der Waals surface area contributed by atoms with E-state index in [9.17, 15) is 0 Å². The van der Waals surface area contributed by atoms with E-state index in [-0.39, 0.29) is 0 Å². The highest BCUT2D eigenvalue weighted by atomic mass is 32.1. The van der Waals surface area contributed by atoms with Gasteiger partial charge in [0.25, 0.3) is 0 Å². The first kappa shape index (κ1) is 16.7. The van der Waals surface area contributed by atoms with Gasteiger partial charge in [-0.25, -0.2) is 4.98 Å². The quantitative estimate of drug-likeness (QED) is 0.612. The lowest BCUT2D eigenvalue weighted by Crippen LogP contribution is -2.16. The number of nitrogens with zero attached hydrogens (tertiary/aromatic N) is 1. The zero-order valence-corrected chi connectivity index (χ0v) is 14.7. The molecule has 1 N–H and O–H groups in total. The molecule has 0 aliphatic rings. The normalized spacial score (nSPS) is 10.7. The minimum Gasteiger partial charge on any atom is -0.494 e. The van der Waals surface area contributed by atoms with Gasteiger partial charge in [0.2, 0.25) is 0 Å². The second-order valence-corrected chi connectivity index (χ2v) is 6.60. The molecule has 0 radical (unpaired) electrons. The summed E-state index contributed by atoms with van der Waals surface area (Å²) in [6.07, 6.45) is 2.99. The molecular formula is C20H22N2OS. The minimum atomic E-state index is 0.693. The lowest BCUT2D eigenvalue weighted by molar-refractivity contribution is 0.340. The molecular weight excluding hydrogens is 316 g/mol. The molecule has 0 fully saturated rings. The first-order chi connectivity index (χ1) is 11.8. The van der Waals surface area contributed by atoms with Gasteiger partial charge in [-0.05, 0) is 55.3 Å². The fourth-order valence-corrected chi connectivity index (χ4v) is 3.37. The Morgan fingerprint density at radius 2 is 1.83 bits per heavy atom. The minimum absolute atomic E-state index is 0.693. The molecule has 0 atom stereocenters. The summed E-state index contributed by atoms with van der Waals surface area (Å²) in [5.41, 5.74) is 2.55. The predicted octanol–water partition coefficient (Wildman–Crippen LogP) is 4.54. The van der Waals surface area contributed by atoms with E-state index in [4.69, 9.17) is 4.74 Å². The van der Waals surface area contributed by atoms with Crippen LogP contribution in [0.4, 0.5) is 0 Å². The highest BCUT2D eigenvalue weighted by molar-refractivity contribution is 7.15. The van der Waals surface area contributed by atoms with Crippen molar-refractivity contribution < 1.29 is 4.74 Å². The number of thiazole rings is 1. The van der Waals surface area contributed by atoms with Crippen molar-refractivity contribution in [3.05, 3.63) is 71.4 Å². The highest BCUT2D eigenvalue weighted by Gasteiger charge is 2.05. The zero-order chi connectivity index (χ0) is 16.6. The van der Waals surface area contributed by atoms with Crippen LogP contribution in [0.15, 0.2) is 60.8 Å². The van der Waals surface area contributed by atoms with Crippen molar-refractivity contribution in [2.45, 2.75) is 19.9 Å². The molecule has 0 bridgehead atoms. The molecule has 0 aliphatic heterocycles. The van der Waals surface area contributed by atoms with Gasteiger partial charge in [0.05, 0.1) is 11.5 Å². The Hall–Kier alpha value is -2.17. The average Bonchev–Trinajstić information content (AvgIpc) is 3.10. The van der Waals surface area contributed by atoms with Crippen LogP contribution in [0.3, 0.4) is 0 Å². The van der Waals surface area contributed by atoms with Crippen molar-refractivity contribution in [3.63, 3.8) is 0 Å². The molecule has 1 heterocycles. The van der Waals surface area contributed by atoms with Crippen LogP contribution in [-0.2, 0) is 13.0 Å². The Morgan fingerprint density at radius 1 is 1.04 bits per heavy atom. The summed E-state index contributed by atoms with van der Waals surface area (Å²) in [5, 5.41) is 4.59. The van der Waals surface area contributed by atoms with Crippen LogP contribution in [-0.4, -0.2) is 18.1 Å². The molecule has 1 aromatic heterocycles. The van der Waals surface area contributed by atoms with Crippen LogP contribution >= 0.6 is 11.3 Å². The van der Waals surface area contributed by atoms with Gasteiger partial charge in [-0.2, -0.15) is 0 Å². The fourth-order valence-electron chi connectivity index (χ4n) is 2.48. The molecule has 0 spiro atoms. The summed E-state index contributed by atoms with van der Waals surface area (Å²) in [4.78, 5) is 5.71. The predicted molar refractivity (Wildman–Crippen MR) is 101 cm³/mol. The van der Waals surface area contributed by atoms with Gasteiger partial charge in [-0.15, -0.1) is 11.3 Å². The van der Waals surface area contributed by atoms with Crippen molar-refractivity contribution in [1.29, 1.82) is 0 Å². The molecule has 4 heteroatoms. The third-order valence-corrected chi connectivity index (χ3v) is 4.76. The Balaban J connectivity index is 1.50. The average molecular weight is 338 g/mol. The summed E-state index contributed by atoms with van der Waals surface area (Å²) in [7, 11) is 0. The number of nitrogens with one attached hydrogen (secondary N) is 1. The van der Waals surface area contributed by atoms with Gasteiger partial charge in [-0.1, -0.05) is 30.3 Å². The molecule has 0 saturated carbocycles. The third kappa shape index (κ3) is 4.66. The van der Waals surface area contributed by atoms with Gasteiger partial charge < -0.3 is 10.1 Å². The molecule has 0 unspecified atom stereocenters. The topological polar surface area (TPSA) is 34.1 Å². The van der Waals surface area contributed by atoms with E-state index in [2.05, 4.69) is 52.8 Å². The smallest absolute Gasteiger partial charge is 0.119 e. The second kappa shape index (κ2) is 8.62. The molecule has 2 aromatic carbocycles. The van der Waals surface area contributed by atoms with Gasteiger partial charge in [0.1, 0.15) is 10.8 Å². The Bertz CT molecular complexity index is 738. The Labute approximate surface area is 147 Å². The van der Waals surface area contributed by atoms with Crippen LogP contribution in [0.1, 0.15) is 17.5 Å². The highest BCUT2D eigenvalue weighted by Crippen LogP contribution is 2.27. The molecule has 3 nitrogen and oxygen atoms in total.